The highest BCUT2D eigenvalue weighted by atomic mass is 35.5. The first-order valence-corrected chi connectivity index (χ1v) is 6.95. The molecule has 0 aromatic heterocycles. The summed E-state index contributed by atoms with van der Waals surface area (Å²) < 4.78 is 0. The molecule has 0 saturated carbocycles. The number of hydrogen-bond donors (Lipinski definition) is 1. The average molecular weight is 315 g/mol. The van der Waals surface area contributed by atoms with E-state index in [1.807, 2.05) is 0 Å². The summed E-state index contributed by atoms with van der Waals surface area (Å²) in [6.07, 6.45) is 0. The van der Waals surface area contributed by atoms with Crippen molar-refractivity contribution in [2.75, 3.05) is 16.8 Å². The summed E-state index contributed by atoms with van der Waals surface area (Å²) in [5, 5.41) is 3.03. The van der Waals surface area contributed by atoms with Crippen molar-refractivity contribution in [2.24, 2.45) is 0 Å². The van der Waals surface area contributed by atoms with E-state index in [-0.39, 0.29) is 6.54 Å². The molecule has 6 heteroatoms. The zero-order valence-electron chi connectivity index (χ0n) is 11.4. The van der Waals surface area contributed by atoms with E-state index < -0.39 is 17.6 Å². The smallest absolute Gasteiger partial charge is 0.299 e. The van der Waals surface area contributed by atoms with Gasteiger partial charge in [0, 0.05) is 0 Å². The predicted molar refractivity (Wildman–Crippen MR) is 83.2 cm³/mol. The van der Waals surface area contributed by atoms with Crippen LogP contribution in [0.4, 0.5) is 11.4 Å². The first-order valence-electron chi connectivity index (χ1n) is 6.57. The van der Waals surface area contributed by atoms with E-state index in [1.165, 1.54) is 4.90 Å². The Balaban J connectivity index is 1.79. The molecule has 0 bridgehead atoms. The van der Waals surface area contributed by atoms with Crippen molar-refractivity contribution in [3.8, 4) is 0 Å². The number of amides is 2. The Labute approximate surface area is 131 Å². The maximum Gasteiger partial charge on any atom is 0.299 e. The minimum absolute atomic E-state index is 0.243. The second-order valence-electron chi connectivity index (χ2n) is 4.77. The van der Waals surface area contributed by atoms with Gasteiger partial charge in [-0.1, -0.05) is 35.9 Å². The van der Waals surface area contributed by atoms with Crippen LogP contribution in [-0.4, -0.2) is 24.1 Å². The standard InChI is InChI=1S/C16H11ClN2O3/c17-11-6-2-3-7-12(11)18-14(20)9-19-13-8-4-1-5-10(13)15(21)16(19)22/h1-8H,9H2,(H,18,20). The van der Waals surface area contributed by atoms with Gasteiger partial charge < -0.3 is 5.32 Å². The second-order valence-corrected chi connectivity index (χ2v) is 5.17. The third kappa shape index (κ3) is 2.46. The molecule has 110 valence electrons. The van der Waals surface area contributed by atoms with Crippen LogP contribution in [0, 0.1) is 0 Å². The molecular weight excluding hydrogens is 304 g/mol. The van der Waals surface area contributed by atoms with E-state index in [9.17, 15) is 14.4 Å². The summed E-state index contributed by atoms with van der Waals surface area (Å²) in [7, 11) is 0. The highest BCUT2D eigenvalue weighted by molar-refractivity contribution is 6.52. The molecule has 22 heavy (non-hydrogen) atoms. The van der Waals surface area contributed by atoms with E-state index in [0.29, 0.717) is 22.0 Å². The normalized spacial score (nSPS) is 13.2. The molecule has 3 rings (SSSR count). The van der Waals surface area contributed by atoms with Crippen LogP contribution in [-0.2, 0) is 9.59 Å². The molecule has 0 spiro atoms. The van der Waals surface area contributed by atoms with E-state index in [4.69, 9.17) is 11.6 Å². The number of nitrogens with zero attached hydrogens (tertiary/aromatic N) is 1. The van der Waals surface area contributed by atoms with Crippen LogP contribution < -0.4 is 10.2 Å². The number of ketones is 1. The van der Waals surface area contributed by atoms with E-state index in [0.717, 1.165) is 0 Å². The van der Waals surface area contributed by atoms with Crippen LogP contribution in [0.1, 0.15) is 10.4 Å². The van der Waals surface area contributed by atoms with Crippen LogP contribution in [0.3, 0.4) is 0 Å². The first-order chi connectivity index (χ1) is 10.6. The molecule has 0 radical (unpaired) electrons. The Morgan fingerprint density at radius 1 is 1.05 bits per heavy atom. The van der Waals surface area contributed by atoms with Gasteiger partial charge in [0.25, 0.3) is 11.7 Å². The molecule has 0 saturated heterocycles. The Hall–Kier alpha value is -2.66. The van der Waals surface area contributed by atoms with Gasteiger partial charge in [-0.05, 0) is 24.3 Å². The third-order valence-corrected chi connectivity index (χ3v) is 3.66. The maximum atomic E-state index is 12.1. The second kappa shape index (κ2) is 5.61. The highest BCUT2D eigenvalue weighted by Crippen LogP contribution is 2.28. The topological polar surface area (TPSA) is 66.5 Å². The van der Waals surface area contributed by atoms with Gasteiger partial charge in [-0.2, -0.15) is 0 Å². The third-order valence-electron chi connectivity index (χ3n) is 3.33. The monoisotopic (exact) mass is 314 g/mol. The minimum atomic E-state index is -0.699. The van der Waals surface area contributed by atoms with Crippen molar-refractivity contribution in [1.82, 2.24) is 0 Å². The fourth-order valence-electron chi connectivity index (χ4n) is 2.30. The highest BCUT2D eigenvalue weighted by Gasteiger charge is 2.36. The molecule has 2 aromatic carbocycles. The van der Waals surface area contributed by atoms with Crippen molar-refractivity contribution in [2.45, 2.75) is 0 Å². The van der Waals surface area contributed by atoms with Crippen molar-refractivity contribution in [1.29, 1.82) is 0 Å². The summed E-state index contributed by atoms with van der Waals surface area (Å²) in [4.78, 5) is 37.1. The number of carbonyl (C=O) groups excluding carboxylic acids is 3. The fourth-order valence-corrected chi connectivity index (χ4v) is 2.48. The molecule has 1 heterocycles. The van der Waals surface area contributed by atoms with Crippen LogP contribution in [0.25, 0.3) is 0 Å². The van der Waals surface area contributed by atoms with E-state index in [2.05, 4.69) is 5.32 Å². The van der Waals surface area contributed by atoms with Crippen LogP contribution in [0.5, 0.6) is 0 Å². The van der Waals surface area contributed by atoms with Gasteiger partial charge in [0.15, 0.2) is 0 Å². The lowest BCUT2D eigenvalue weighted by molar-refractivity contribution is -0.118. The number of halogens is 1. The number of rotatable bonds is 3. The number of anilines is 2. The van der Waals surface area contributed by atoms with E-state index in [1.54, 1.807) is 48.5 Å². The molecule has 0 atom stereocenters. The number of benzene rings is 2. The quantitative estimate of drug-likeness (QED) is 0.885. The molecule has 1 aliphatic heterocycles. The molecule has 1 aliphatic rings. The largest absolute Gasteiger partial charge is 0.323 e. The van der Waals surface area contributed by atoms with Gasteiger partial charge in [-0.3, -0.25) is 19.3 Å². The Kier molecular flexibility index (Phi) is 3.65. The Morgan fingerprint density at radius 2 is 1.73 bits per heavy atom. The number of hydrogen-bond acceptors (Lipinski definition) is 3. The van der Waals surface area contributed by atoms with E-state index >= 15 is 0 Å². The Morgan fingerprint density at radius 3 is 2.50 bits per heavy atom. The predicted octanol–water partition coefficient (Wildman–Crippen LogP) is 2.51. The number of fused-ring (bicyclic) bond motifs is 1. The lowest BCUT2D eigenvalue weighted by atomic mass is 10.1. The molecule has 2 amide bonds. The van der Waals surface area contributed by atoms with Crippen molar-refractivity contribution in [3.63, 3.8) is 0 Å². The zero-order chi connectivity index (χ0) is 15.7. The molecule has 0 aliphatic carbocycles. The maximum absolute atomic E-state index is 12.1. The molecule has 0 fully saturated rings. The Bertz CT molecular complexity index is 788. The summed E-state index contributed by atoms with van der Waals surface area (Å²) in [5.74, 6) is -1.72. The number of carbonyl (C=O) groups is 3. The van der Waals surface area contributed by atoms with Gasteiger partial charge >= 0.3 is 0 Å². The summed E-state index contributed by atoms with van der Waals surface area (Å²) >= 11 is 5.97. The molecule has 0 unspecified atom stereocenters. The number of nitrogens with one attached hydrogen (secondary N) is 1. The summed E-state index contributed by atoms with van der Waals surface area (Å²) in [6, 6.07) is 13.4. The fraction of sp³-hybridized carbons (Fsp3) is 0.0625. The van der Waals surface area contributed by atoms with Crippen molar-refractivity contribution >= 4 is 40.6 Å². The van der Waals surface area contributed by atoms with Gasteiger partial charge in [-0.15, -0.1) is 0 Å². The van der Waals surface area contributed by atoms with Gasteiger partial charge in [0.05, 0.1) is 22.0 Å². The number of para-hydroxylation sites is 2. The number of Topliss-reactive ketones (excluding diaryl/α,β-unsaturated/α-hetero) is 1. The first kappa shape index (κ1) is 14.3. The van der Waals surface area contributed by atoms with Crippen LogP contribution >= 0.6 is 11.6 Å². The van der Waals surface area contributed by atoms with Gasteiger partial charge in [0.2, 0.25) is 5.91 Å². The van der Waals surface area contributed by atoms with Crippen molar-refractivity contribution < 1.29 is 14.4 Å². The SMILES string of the molecule is O=C(CN1C(=O)C(=O)c2ccccc21)Nc1ccccc1Cl. The van der Waals surface area contributed by atoms with Crippen LogP contribution in [0.15, 0.2) is 48.5 Å². The average Bonchev–Trinajstić information content (AvgIpc) is 2.75. The minimum Gasteiger partial charge on any atom is -0.323 e. The summed E-state index contributed by atoms with van der Waals surface area (Å²) in [5.41, 5.74) is 1.23. The zero-order valence-corrected chi connectivity index (χ0v) is 12.1. The van der Waals surface area contributed by atoms with Crippen molar-refractivity contribution in [3.05, 3.63) is 59.1 Å². The molecule has 2 aromatic rings. The summed E-state index contributed by atoms with van der Waals surface area (Å²) in [6.45, 7) is -0.243. The van der Waals surface area contributed by atoms with Crippen LogP contribution in [0.2, 0.25) is 5.02 Å². The van der Waals surface area contributed by atoms with Gasteiger partial charge in [-0.25, -0.2) is 0 Å². The lowest BCUT2D eigenvalue weighted by Crippen LogP contribution is -2.37. The molecule has 5 nitrogen and oxygen atoms in total. The van der Waals surface area contributed by atoms with Gasteiger partial charge in [0.1, 0.15) is 6.54 Å². The molecular formula is C16H11ClN2O3. The lowest BCUT2D eigenvalue weighted by Gasteiger charge is -2.16. The molecule has 1 N–H and O–H groups in total.